The Morgan fingerprint density at radius 3 is 2.60 bits per heavy atom. The average Bonchev–Trinajstić information content (AvgIpc) is 2.61. The van der Waals surface area contributed by atoms with Crippen LogP contribution >= 0.6 is 12.2 Å². The van der Waals surface area contributed by atoms with Gasteiger partial charge in [0, 0.05) is 6.54 Å². The van der Waals surface area contributed by atoms with Gasteiger partial charge in [0.25, 0.3) is 5.56 Å². The lowest BCUT2D eigenvalue weighted by Gasteiger charge is -2.16. The fraction of sp³-hybridized carbons (Fsp3) is 0.211. The maximum Gasteiger partial charge on any atom is 0.262 e. The van der Waals surface area contributed by atoms with Crippen LogP contribution in [-0.2, 0) is 11.3 Å². The Hall–Kier alpha value is -2.73. The minimum absolute atomic E-state index is 0.238. The molecule has 1 aromatic heterocycles. The number of rotatable bonds is 4. The number of amides is 1. The number of carbonyl (C=O) groups excluding carboxylic acids is 1. The van der Waals surface area contributed by atoms with Crippen molar-refractivity contribution < 1.29 is 4.79 Å². The minimum Gasteiger partial charge on any atom is -0.350 e. The van der Waals surface area contributed by atoms with Crippen LogP contribution in [-0.4, -0.2) is 15.5 Å². The van der Waals surface area contributed by atoms with Crippen molar-refractivity contribution in [3.63, 3.8) is 0 Å². The Morgan fingerprint density at radius 1 is 1.20 bits per heavy atom. The number of carbonyl (C=O) groups is 1. The number of benzene rings is 2. The Morgan fingerprint density at radius 2 is 1.88 bits per heavy atom. The first kappa shape index (κ1) is 17.1. The van der Waals surface area contributed by atoms with Crippen LogP contribution < -0.4 is 10.9 Å². The summed E-state index contributed by atoms with van der Waals surface area (Å²) in [6.45, 7) is 4.09. The van der Waals surface area contributed by atoms with Gasteiger partial charge in [-0.25, -0.2) is 0 Å². The summed E-state index contributed by atoms with van der Waals surface area (Å²) >= 11 is 5.28. The number of aromatic amines is 1. The molecule has 0 aliphatic rings. The van der Waals surface area contributed by atoms with Crippen molar-refractivity contribution in [2.45, 2.75) is 26.4 Å². The minimum atomic E-state index is -0.702. The first-order valence-electron chi connectivity index (χ1n) is 8.04. The van der Waals surface area contributed by atoms with Crippen LogP contribution in [0.4, 0.5) is 0 Å². The van der Waals surface area contributed by atoms with Gasteiger partial charge in [-0.05, 0) is 43.8 Å². The Labute approximate surface area is 150 Å². The number of H-pyrrole nitrogens is 1. The van der Waals surface area contributed by atoms with Gasteiger partial charge < -0.3 is 10.3 Å². The first-order chi connectivity index (χ1) is 12.0. The smallest absolute Gasteiger partial charge is 0.262 e. The molecule has 3 aromatic rings. The summed E-state index contributed by atoms with van der Waals surface area (Å²) in [7, 11) is 0. The molecule has 0 radical (unpaired) electrons. The Bertz CT molecular complexity index is 1030. The second kappa shape index (κ2) is 7.03. The maximum atomic E-state index is 12.7. The van der Waals surface area contributed by atoms with Crippen LogP contribution in [0.2, 0.25) is 0 Å². The zero-order valence-electron chi connectivity index (χ0n) is 14.1. The molecule has 2 N–H and O–H groups in total. The van der Waals surface area contributed by atoms with E-state index >= 15 is 0 Å². The van der Waals surface area contributed by atoms with E-state index in [2.05, 4.69) is 10.3 Å². The molecule has 1 heterocycles. The van der Waals surface area contributed by atoms with E-state index in [0.717, 1.165) is 11.1 Å². The third kappa shape index (κ3) is 3.53. The molecule has 0 saturated carbocycles. The number of hydrogen-bond donors (Lipinski definition) is 2. The van der Waals surface area contributed by atoms with E-state index in [1.54, 1.807) is 25.1 Å². The molecule has 0 aliphatic carbocycles. The van der Waals surface area contributed by atoms with Crippen LogP contribution in [0.15, 0.2) is 53.3 Å². The molecule has 0 fully saturated rings. The lowest BCUT2D eigenvalue weighted by atomic mass is 10.1. The van der Waals surface area contributed by atoms with E-state index < -0.39 is 6.04 Å². The highest BCUT2D eigenvalue weighted by Crippen LogP contribution is 2.10. The number of nitrogens with zero attached hydrogens (tertiary/aromatic N) is 1. The summed E-state index contributed by atoms with van der Waals surface area (Å²) in [5.41, 5.74) is 2.57. The normalized spacial score (nSPS) is 12.1. The van der Waals surface area contributed by atoms with Crippen molar-refractivity contribution in [1.82, 2.24) is 14.9 Å². The molecule has 6 heteroatoms. The van der Waals surface area contributed by atoms with Crippen molar-refractivity contribution in [2.75, 3.05) is 0 Å². The molecular formula is C19H19N3O2S. The molecule has 1 amide bonds. The van der Waals surface area contributed by atoms with Crippen molar-refractivity contribution in [1.29, 1.82) is 0 Å². The highest BCUT2D eigenvalue weighted by molar-refractivity contribution is 7.71. The van der Waals surface area contributed by atoms with Crippen LogP contribution in [0, 0.1) is 11.7 Å². The van der Waals surface area contributed by atoms with E-state index in [-0.39, 0.29) is 16.2 Å². The molecule has 0 unspecified atom stereocenters. The number of hydrogen-bond acceptors (Lipinski definition) is 3. The number of aromatic nitrogens is 2. The zero-order chi connectivity index (χ0) is 18.0. The van der Waals surface area contributed by atoms with Crippen LogP contribution in [0.3, 0.4) is 0 Å². The molecule has 0 spiro atoms. The quantitative estimate of drug-likeness (QED) is 0.708. The molecule has 128 valence electrons. The molecule has 0 saturated heterocycles. The third-order valence-corrected chi connectivity index (χ3v) is 4.49. The standard InChI is InChI=1S/C19H19N3O2S/c1-12-7-9-14(10-8-12)11-20-17(23)13(2)22-18(24)15-5-3-4-6-16(15)21-19(22)25/h3-10,13H,11H2,1-2H3,(H,20,23)(H,21,25)/t13-/m1/s1. The number of aryl methyl sites for hydroxylation is 1. The van der Waals surface area contributed by atoms with E-state index in [0.29, 0.717) is 17.4 Å². The Balaban J connectivity index is 1.85. The van der Waals surface area contributed by atoms with Gasteiger partial charge in [0.15, 0.2) is 4.77 Å². The van der Waals surface area contributed by atoms with Crippen LogP contribution in [0.25, 0.3) is 10.9 Å². The van der Waals surface area contributed by atoms with Crippen molar-refractivity contribution >= 4 is 29.0 Å². The SMILES string of the molecule is Cc1ccc(CNC(=O)[C@@H](C)n2c(=S)[nH]c3ccccc3c2=O)cc1. The van der Waals surface area contributed by atoms with E-state index in [9.17, 15) is 9.59 Å². The topological polar surface area (TPSA) is 66.9 Å². The highest BCUT2D eigenvalue weighted by atomic mass is 32.1. The molecule has 0 aliphatic heterocycles. The fourth-order valence-corrected chi connectivity index (χ4v) is 3.04. The largest absolute Gasteiger partial charge is 0.350 e. The zero-order valence-corrected chi connectivity index (χ0v) is 14.9. The van der Waals surface area contributed by atoms with Gasteiger partial charge >= 0.3 is 0 Å². The summed E-state index contributed by atoms with van der Waals surface area (Å²) in [6.07, 6.45) is 0. The second-order valence-corrected chi connectivity index (χ2v) is 6.42. The van der Waals surface area contributed by atoms with E-state index in [4.69, 9.17) is 12.2 Å². The van der Waals surface area contributed by atoms with Gasteiger partial charge in [-0.2, -0.15) is 0 Å². The summed E-state index contributed by atoms with van der Waals surface area (Å²) in [4.78, 5) is 28.2. The molecule has 1 atom stereocenters. The van der Waals surface area contributed by atoms with Gasteiger partial charge in [-0.1, -0.05) is 42.0 Å². The molecule has 2 aromatic carbocycles. The first-order valence-corrected chi connectivity index (χ1v) is 8.45. The number of nitrogens with one attached hydrogen (secondary N) is 2. The van der Waals surface area contributed by atoms with Crippen LogP contribution in [0.1, 0.15) is 24.1 Å². The monoisotopic (exact) mass is 353 g/mol. The second-order valence-electron chi connectivity index (χ2n) is 6.03. The van der Waals surface area contributed by atoms with E-state index in [1.807, 2.05) is 37.3 Å². The maximum absolute atomic E-state index is 12.7. The Kier molecular flexibility index (Phi) is 4.81. The third-order valence-electron chi connectivity index (χ3n) is 4.19. The van der Waals surface area contributed by atoms with E-state index in [1.165, 1.54) is 4.57 Å². The predicted molar refractivity (Wildman–Crippen MR) is 101 cm³/mol. The fourth-order valence-electron chi connectivity index (χ4n) is 2.69. The lowest BCUT2D eigenvalue weighted by Crippen LogP contribution is -2.36. The molecular weight excluding hydrogens is 334 g/mol. The van der Waals surface area contributed by atoms with Crippen LogP contribution in [0.5, 0.6) is 0 Å². The van der Waals surface area contributed by atoms with Gasteiger partial charge in [0.05, 0.1) is 10.9 Å². The number of fused-ring (bicyclic) bond motifs is 1. The average molecular weight is 353 g/mol. The highest BCUT2D eigenvalue weighted by Gasteiger charge is 2.18. The summed E-state index contributed by atoms with van der Waals surface area (Å²) in [5.74, 6) is -0.252. The molecule has 5 nitrogen and oxygen atoms in total. The van der Waals surface area contributed by atoms with Crippen molar-refractivity contribution in [2.24, 2.45) is 0 Å². The summed E-state index contributed by atoms with van der Waals surface area (Å²) in [5, 5.41) is 3.37. The predicted octanol–water partition coefficient (Wildman–Crippen LogP) is 3.24. The summed E-state index contributed by atoms with van der Waals surface area (Å²) < 4.78 is 1.56. The lowest BCUT2D eigenvalue weighted by molar-refractivity contribution is -0.124. The van der Waals surface area contributed by atoms with Gasteiger partial charge in [0.2, 0.25) is 5.91 Å². The van der Waals surface area contributed by atoms with Crippen molar-refractivity contribution in [3.05, 3.63) is 74.8 Å². The van der Waals surface area contributed by atoms with Gasteiger partial charge in [-0.3, -0.25) is 14.2 Å². The number of para-hydroxylation sites is 1. The van der Waals surface area contributed by atoms with Gasteiger partial charge in [0.1, 0.15) is 6.04 Å². The van der Waals surface area contributed by atoms with Crippen molar-refractivity contribution in [3.8, 4) is 0 Å². The molecule has 3 rings (SSSR count). The molecule has 0 bridgehead atoms. The molecule has 25 heavy (non-hydrogen) atoms. The van der Waals surface area contributed by atoms with Gasteiger partial charge in [-0.15, -0.1) is 0 Å². The summed E-state index contributed by atoms with van der Waals surface area (Å²) in [6, 6.07) is 14.3.